The summed E-state index contributed by atoms with van der Waals surface area (Å²) in [5.74, 6) is 0.170. The van der Waals surface area contributed by atoms with Gasteiger partial charge >= 0.3 is 0 Å². The van der Waals surface area contributed by atoms with Crippen molar-refractivity contribution in [1.29, 1.82) is 0 Å². The van der Waals surface area contributed by atoms with E-state index in [2.05, 4.69) is 40.3 Å². The van der Waals surface area contributed by atoms with Gasteiger partial charge in [0.05, 0.1) is 4.83 Å². The molecule has 1 amide bonds. The number of hydrogen-bond donors (Lipinski definition) is 1. The summed E-state index contributed by atoms with van der Waals surface area (Å²) in [4.78, 5) is 12.0. The Labute approximate surface area is 137 Å². The minimum absolute atomic E-state index is 0.170. The molecule has 0 saturated carbocycles. The predicted molar refractivity (Wildman–Crippen MR) is 93.7 cm³/mol. The molecule has 1 N–H and O–H groups in total. The Balaban J connectivity index is 2.03. The van der Waals surface area contributed by atoms with Crippen LogP contribution in [0.2, 0.25) is 0 Å². The molecule has 1 aromatic rings. The standard InChI is InChI=1S/C18H28BrNO/c1-2-3-4-5-6-7-11-14-18(21)20-15-17(19)16-12-9-8-10-13-16/h8-10,12-13,17H,2-7,11,14-15H2,1H3,(H,20,21). The summed E-state index contributed by atoms with van der Waals surface area (Å²) in [6.45, 7) is 2.89. The van der Waals surface area contributed by atoms with Crippen molar-refractivity contribution < 1.29 is 4.79 Å². The van der Waals surface area contributed by atoms with Crippen LogP contribution in [0.25, 0.3) is 0 Å². The summed E-state index contributed by atoms with van der Waals surface area (Å²) < 4.78 is 0. The summed E-state index contributed by atoms with van der Waals surface area (Å²) >= 11 is 3.62. The Hall–Kier alpha value is -0.830. The maximum Gasteiger partial charge on any atom is 0.220 e. The van der Waals surface area contributed by atoms with Crippen LogP contribution in [-0.2, 0) is 4.79 Å². The number of unbranched alkanes of at least 4 members (excludes halogenated alkanes) is 6. The Bertz CT molecular complexity index is 380. The van der Waals surface area contributed by atoms with E-state index in [1.165, 1.54) is 44.1 Å². The van der Waals surface area contributed by atoms with Crippen LogP contribution in [0.1, 0.15) is 68.7 Å². The quantitative estimate of drug-likeness (QED) is 0.420. The molecule has 0 heterocycles. The first-order valence-electron chi connectivity index (χ1n) is 8.19. The van der Waals surface area contributed by atoms with Gasteiger partial charge in [-0.15, -0.1) is 0 Å². The molecule has 0 spiro atoms. The van der Waals surface area contributed by atoms with Gasteiger partial charge < -0.3 is 5.32 Å². The van der Waals surface area contributed by atoms with E-state index in [4.69, 9.17) is 0 Å². The van der Waals surface area contributed by atoms with Crippen molar-refractivity contribution in [2.45, 2.75) is 63.1 Å². The van der Waals surface area contributed by atoms with Crippen LogP contribution in [0, 0.1) is 0 Å². The van der Waals surface area contributed by atoms with Crippen molar-refractivity contribution in [2.24, 2.45) is 0 Å². The third kappa shape index (κ3) is 8.92. The third-order valence-corrected chi connectivity index (χ3v) is 4.50. The van der Waals surface area contributed by atoms with Gasteiger partial charge in [0, 0.05) is 13.0 Å². The number of carbonyl (C=O) groups excluding carboxylic acids is 1. The normalized spacial score (nSPS) is 12.1. The smallest absolute Gasteiger partial charge is 0.220 e. The van der Waals surface area contributed by atoms with E-state index in [0.717, 1.165) is 6.42 Å². The second-order valence-corrected chi connectivity index (χ2v) is 6.66. The fourth-order valence-corrected chi connectivity index (χ4v) is 2.78. The lowest BCUT2D eigenvalue weighted by molar-refractivity contribution is -0.121. The Morgan fingerprint density at radius 1 is 1.05 bits per heavy atom. The van der Waals surface area contributed by atoms with Crippen LogP contribution in [0.3, 0.4) is 0 Å². The zero-order valence-electron chi connectivity index (χ0n) is 13.1. The highest BCUT2D eigenvalue weighted by Crippen LogP contribution is 2.21. The lowest BCUT2D eigenvalue weighted by Crippen LogP contribution is -2.26. The minimum Gasteiger partial charge on any atom is -0.355 e. The number of alkyl halides is 1. The highest BCUT2D eigenvalue weighted by atomic mass is 79.9. The number of benzene rings is 1. The second kappa shape index (κ2) is 11.8. The largest absolute Gasteiger partial charge is 0.355 e. The number of halogens is 1. The SMILES string of the molecule is CCCCCCCCCC(=O)NCC(Br)c1ccccc1. The molecule has 0 bridgehead atoms. The molecule has 1 unspecified atom stereocenters. The van der Waals surface area contributed by atoms with E-state index < -0.39 is 0 Å². The van der Waals surface area contributed by atoms with Crippen LogP contribution in [0.4, 0.5) is 0 Å². The Morgan fingerprint density at radius 2 is 1.67 bits per heavy atom. The molecule has 0 aliphatic carbocycles. The van der Waals surface area contributed by atoms with Gasteiger partial charge in [0.15, 0.2) is 0 Å². The maximum atomic E-state index is 11.8. The summed E-state index contributed by atoms with van der Waals surface area (Å²) in [5.41, 5.74) is 1.20. The van der Waals surface area contributed by atoms with Crippen molar-refractivity contribution in [3.05, 3.63) is 35.9 Å². The average Bonchev–Trinajstić information content (AvgIpc) is 2.52. The lowest BCUT2D eigenvalue weighted by Gasteiger charge is -2.11. The van der Waals surface area contributed by atoms with Crippen molar-refractivity contribution in [1.82, 2.24) is 5.32 Å². The number of carbonyl (C=O) groups is 1. The van der Waals surface area contributed by atoms with Crippen molar-refractivity contribution >= 4 is 21.8 Å². The van der Waals surface area contributed by atoms with Gasteiger partial charge in [0.25, 0.3) is 0 Å². The molecule has 3 heteroatoms. The molecule has 0 fully saturated rings. The van der Waals surface area contributed by atoms with Gasteiger partial charge in [-0.05, 0) is 12.0 Å². The van der Waals surface area contributed by atoms with Gasteiger partial charge in [-0.2, -0.15) is 0 Å². The molecule has 0 aliphatic rings. The molecular formula is C18H28BrNO. The van der Waals surface area contributed by atoms with Crippen LogP contribution in [0.15, 0.2) is 30.3 Å². The first-order chi connectivity index (χ1) is 10.2. The summed E-state index contributed by atoms with van der Waals surface area (Å²) in [6, 6.07) is 10.2. The number of nitrogens with one attached hydrogen (secondary N) is 1. The van der Waals surface area contributed by atoms with E-state index in [1.54, 1.807) is 0 Å². The van der Waals surface area contributed by atoms with Gasteiger partial charge in [0.1, 0.15) is 0 Å². The molecular weight excluding hydrogens is 326 g/mol. The fourth-order valence-electron chi connectivity index (χ4n) is 2.31. The van der Waals surface area contributed by atoms with Gasteiger partial charge in [-0.25, -0.2) is 0 Å². The lowest BCUT2D eigenvalue weighted by atomic mass is 10.1. The third-order valence-electron chi connectivity index (χ3n) is 3.65. The van der Waals surface area contributed by atoms with E-state index in [9.17, 15) is 4.79 Å². The molecule has 0 aliphatic heterocycles. The number of rotatable bonds is 11. The Kier molecular flexibility index (Phi) is 10.2. The monoisotopic (exact) mass is 353 g/mol. The maximum absolute atomic E-state index is 11.8. The van der Waals surface area contributed by atoms with E-state index >= 15 is 0 Å². The Morgan fingerprint density at radius 3 is 2.33 bits per heavy atom. The molecule has 2 nitrogen and oxygen atoms in total. The van der Waals surface area contributed by atoms with E-state index in [-0.39, 0.29) is 10.7 Å². The summed E-state index contributed by atoms with van der Waals surface area (Å²) in [5, 5.41) is 3.01. The number of hydrogen-bond acceptors (Lipinski definition) is 1. The molecule has 0 radical (unpaired) electrons. The second-order valence-electron chi connectivity index (χ2n) is 5.55. The van der Waals surface area contributed by atoms with Crippen LogP contribution in [0.5, 0.6) is 0 Å². The number of amides is 1. The van der Waals surface area contributed by atoms with Crippen LogP contribution in [-0.4, -0.2) is 12.5 Å². The molecule has 118 valence electrons. The minimum atomic E-state index is 0.170. The average molecular weight is 354 g/mol. The molecule has 21 heavy (non-hydrogen) atoms. The summed E-state index contributed by atoms with van der Waals surface area (Å²) in [6.07, 6.45) is 9.38. The summed E-state index contributed by atoms with van der Waals surface area (Å²) in [7, 11) is 0. The molecule has 1 atom stereocenters. The van der Waals surface area contributed by atoms with Crippen LogP contribution < -0.4 is 5.32 Å². The fraction of sp³-hybridized carbons (Fsp3) is 0.611. The zero-order chi connectivity index (χ0) is 15.3. The van der Waals surface area contributed by atoms with E-state index in [1.807, 2.05) is 18.2 Å². The van der Waals surface area contributed by atoms with Gasteiger partial charge in [0.2, 0.25) is 5.91 Å². The van der Waals surface area contributed by atoms with Gasteiger partial charge in [-0.3, -0.25) is 4.79 Å². The van der Waals surface area contributed by atoms with Gasteiger partial charge in [-0.1, -0.05) is 91.7 Å². The highest BCUT2D eigenvalue weighted by Gasteiger charge is 2.08. The van der Waals surface area contributed by atoms with Crippen molar-refractivity contribution in [3.8, 4) is 0 Å². The molecule has 0 aromatic heterocycles. The van der Waals surface area contributed by atoms with E-state index in [0.29, 0.717) is 13.0 Å². The predicted octanol–water partition coefficient (Wildman–Crippen LogP) is 5.38. The highest BCUT2D eigenvalue weighted by molar-refractivity contribution is 9.09. The first kappa shape index (κ1) is 18.2. The first-order valence-corrected chi connectivity index (χ1v) is 9.11. The van der Waals surface area contributed by atoms with Crippen LogP contribution >= 0.6 is 15.9 Å². The topological polar surface area (TPSA) is 29.1 Å². The molecule has 0 saturated heterocycles. The van der Waals surface area contributed by atoms with Crippen molar-refractivity contribution in [3.63, 3.8) is 0 Å². The molecule has 1 rings (SSSR count). The van der Waals surface area contributed by atoms with Crippen molar-refractivity contribution in [2.75, 3.05) is 6.54 Å². The molecule has 1 aromatic carbocycles. The zero-order valence-corrected chi connectivity index (χ0v) is 14.7.